The van der Waals surface area contributed by atoms with E-state index in [1.807, 2.05) is 6.92 Å². The number of rotatable bonds is 5. The van der Waals surface area contributed by atoms with Crippen LogP contribution in [0.25, 0.3) is 0 Å². The molecule has 0 radical (unpaired) electrons. The molecule has 106 valence electrons. The van der Waals surface area contributed by atoms with Crippen molar-refractivity contribution in [3.8, 4) is 0 Å². The standard InChI is InChI=1S/C12H15F3N2O2/c1-8-3-4-10(5-16-8)6-17-11(18)9(2)19-7-12(13,14)15/h3-5,9H,6-7H2,1-2H3,(H,17,18)/t9-/m0/s1. The molecule has 1 amide bonds. The van der Waals surface area contributed by atoms with Crippen molar-refractivity contribution < 1.29 is 22.7 Å². The van der Waals surface area contributed by atoms with Crippen LogP contribution in [0.15, 0.2) is 18.3 Å². The van der Waals surface area contributed by atoms with Gasteiger partial charge in [0.1, 0.15) is 12.7 Å². The second-order valence-electron chi connectivity index (χ2n) is 4.09. The molecule has 0 aliphatic carbocycles. The van der Waals surface area contributed by atoms with Crippen LogP contribution in [-0.2, 0) is 16.1 Å². The van der Waals surface area contributed by atoms with Gasteiger partial charge in [-0.3, -0.25) is 9.78 Å². The van der Waals surface area contributed by atoms with E-state index in [4.69, 9.17) is 0 Å². The van der Waals surface area contributed by atoms with Crippen molar-refractivity contribution in [3.05, 3.63) is 29.6 Å². The number of halogens is 3. The van der Waals surface area contributed by atoms with E-state index in [0.29, 0.717) is 0 Å². The number of aromatic nitrogens is 1. The molecule has 0 saturated carbocycles. The highest BCUT2D eigenvalue weighted by Crippen LogP contribution is 2.15. The lowest BCUT2D eigenvalue weighted by atomic mass is 10.2. The predicted octanol–water partition coefficient (Wildman–Crippen LogP) is 1.97. The van der Waals surface area contributed by atoms with E-state index in [1.54, 1.807) is 18.3 Å². The smallest absolute Gasteiger partial charge is 0.359 e. The third-order valence-electron chi connectivity index (χ3n) is 2.31. The second kappa shape index (κ2) is 6.51. The number of alkyl halides is 3. The van der Waals surface area contributed by atoms with E-state index in [-0.39, 0.29) is 6.54 Å². The van der Waals surface area contributed by atoms with Crippen molar-refractivity contribution in [2.24, 2.45) is 0 Å². The highest BCUT2D eigenvalue weighted by molar-refractivity contribution is 5.80. The largest absolute Gasteiger partial charge is 0.411 e. The number of pyridine rings is 1. The van der Waals surface area contributed by atoms with Gasteiger partial charge in [-0.1, -0.05) is 6.07 Å². The third kappa shape index (κ3) is 6.19. The summed E-state index contributed by atoms with van der Waals surface area (Å²) in [6.07, 6.45) is -3.99. The number of carbonyl (C=O) groups excluding carboxylic acids is 1. The number of nitrogens with zero attached hydrogens (tertiary/aromatic N) is 1. The van der Waals surface area contributed by atoms with Crippen molar-refractivity contribution in [2.45, 2.75) is 32.7 Å². The molecule has 0 aromatic carbocycles. The average molecular weight is 276 g/mol. The fourth-order valence-corrected chi connectivity index (χ4v) is 1.23. The Bertz CT molecular complexity index is 418. The number of aryl methyl sites for hydroxylation is 1. The van der Waals surface area contributed by atoms with Gasteiger partial charge in [0.25, 0.3) is 0 Å². The lowest BCUT2D eigenvalue weighted by molar-refractivity contribution is -0.185. The minimum absolute atomic E-state index is 0.200. The summed E-state index contributed by atoms with van der Waals surface area (Å²) in [7, 11) is 0. The zero-order valence-electron chi connectivity index (χ0n) is 10.6. The molecular weight excluding hydrogens is 261 g/mol. The fourth-order valence-electron chi connectivity index (χ4n) is 1.23. The molecule has 1 aromatic heterocycles. The number of hydrogen-bond acceptors (Lipinski definition) is 3. The van der Waals surface area contributed by atoms with Gasteiger partial charge in [0, 0.05) is 18.4 Å². The van der Waals surface area contributed by atoms with Crippen LogP contribution in [0.1, 0.15) is 18.2 Å². The number of nitrogens with one attached hydrogen (secondary N) is 1. The Morgan fingerprint density at radius 3 is 2.68 bits per heavy atom. The summed E-state index contributed by atoms with van der Waals surface area (Å²) in [5.74, 6) is -0.593. The monoisotopic (exact) mass is 276 g/mol. The SMILES string of the molecule is Cc1ccc(CNC(=O)[C@H](C)OCC(F)(F)F)cn1. The first-order valence-electron chi connectivity index (χ1n) is 5.65. The van der Waals surface area contributed by atoms with Gasteiger partial charge in [-0.05, 0) is 25.5 Å². The highest BCUT2D eigenvalue weighted by atomic mass is 19.4. The van der Waals surface area contributed by atoms with Gasteiger partial charge in [0.15, 0.2) is 0 Å². The van der Waals surface area contributed by atoms with Gasteiger partial charge in [-0.2, -0.15) is 13.2 Å². The van der Waals surface area contributed by atoms with Gasteiger partial charge in [0.2, 0.25) is 5.91 Å². The lowest BCUT2D eigenvalue weighted by Crippen LogP contribution is -2.36. The van der Waals surface area contributed by atoms with E-state index >= 15 is 0 Å². The highest BCUT2D eigenvalue weighted by Gasteiger charge is 2.29. The van der Waals surface area contributed by atoms with E-state index in [9.17, 15) is 18.0 Å². The van der Waals surface area contributed by atoms with Crippen molar-refractivity contribution in [3.63, 3.8) is 0 Å². The van der Waals surface area contributed by atoms with Gasteiger partial charge in [-0.25, -0.2) is 0 Å². The summed E-state index contributed by atoms with van der Waals surface area (Å²) in [4.78, 5) is 15.5. The van der Waals surface area contributed by atoms with Gasteiger partial charge < -0.3 is 10.1 Å². The maximum Gasteiger partial charge on any atom is 0.411 e. The van der Waals surface area contributed by atoms with Crippen molar-refractivity contribution in [1.82, 2.24) is 10.3 Å². The molecule has 0 aliphatic heterocycles. The molecule has 7 heteroatoms. The molecule has 0 spiro atoms. The van der Waals surface area contributed by atoms with Crippen molar-refractivity contribution in [2.75, 3.05) is 6.61 Å². The fraction of sp³-hybridized carbons (Fsp3) is 0.500. The van der Waals surface area contributed by atoms with Gasteiger partial charge in [0.05, 0.1) is 0 Å². The number of ether oxygens (including phenoxy) is 1. The molecule has 0 bridgehead atoms. The van der Waals surface area contributed by atoms with Crippen LogP contribution in [0.5, 0.6) is 0 Å². The zero-order valence-corrected chi connectivity index (χ0v) is 10.6. The Kier molecular flexibility index (Phi) is 5.29. The van der Waals surface area contributed by atoms with Crippen LogP contribution in [-0.4, -0.2) is 29.8 Å². The molecule has 0 aliphatic rings. The van der Waals surface area contributed by atoms with Crippen LogP contribution in [0.4, 0.5) is 13.2 Å². The van der Waals surface area contributed by atoms with Crippen molar-refractivity contribution in [1.29, 1.82) is 0 Å². The molecule has 0 unspecified atom stereocenters. The maximum absolute atomic E-state index is 11.9. The molecule has 1 N–H and O–H groups in total. The first-order chi connectivity index (χ1) is 8.78. The first kappa shape index (κ1) is 15.4. The second-order valence-corrected chi connectivity index (χ2v) is 4.09. The Hall–Kier alpha value is -1.63. The molecule has 4 nitrogen and oxygen atoms in total. The average Bonchev–Trinajstić information content (AvgIpc) is 2.34. The molecule has 19 heavy (non-hydrogen) atoms. The van der Waals surface area contributed by atoms with E-state index < -0.39 is 24.8 Å². The number of carbonyl (C=O) groups is 1. The van der Waals surface area contributed by atoms with E-state index in [2.05, 4.69) is 15.0 Å². The molecule has 1 heterocycles. The molecule has 1 rings (SSSR count). The summed E-state index contributed by atoms with van der Waals surface area (Å²) >= 11 is 0. The van der Waals surface area contributed by atoms with Gasteiger partial charge >= 0.3 is 6.18 Å². The van der Waals surface area contributed by atoms with Crippen LogP contribution in [0.3, 0.4) is 0 Å². The molecule has 1 atom stereocenters. The molecule has 1 aromatic rings. The lowest BCUT2D eigenvalue weighted by Gasteiger charge is -2.14. The Morgan fingerprint density at radius 1 is 1.47 bits per heavy atom. The number of hydrogen-bond donors (Lipinski definition) is 1. The van der Waals surface area contributed by atoms with Crippen molar-refractivity contribution >= 4 is 5.91 Å². The topological polar surface area (TPSA) is 51.2 Å². The van der Waals surface area contributed by atoms with E-state index in [1.165, 1.54) is 6.92 Å². The minimum atomic E-state index is -4.44. The molecular formula is C12H15F3N2O2. The quantitative estimate of drug-likeness (QED) is 0.894. The summed E-state index contributed by atoms with van der Waals surface area (Å²) in [5, 5.41) is 2.48. The van der Waals surface area contributed by atoms with E-state index in [0.717, 1.165) is 11.3 Å². The van der Waals surface area contributed by atoms with Crippen LogP contribution < -0.4 is 5.32 Å². The van der Waals surface area contributed by atoms with Gasteiger partial charge in [-0.15, -0.1) is 0 Å². The van der Waals surface area contributed by atoms with Crippen LogP contribution in [0.2, 0.25) is 0 Å². The molecule has 0 fully saturated rings. The Labute approximate surface area is 109 Å². The Morgan fingerprint density at radius 2 is 2.16 bits per heavy atom. The normalized spacial score (nSPS) is 13.1. The predicted molar refractivity (Wildman–Crippen MR) is 62.3 cm³/mol. The maximum atomic E-state index is 11.9. The minimum Gasteiger partial charge on any atom is -0.359 e. The van der Waals surface area contributed by atoms with Crippen LogP contribution >= 0.6 is 0 Å². The molecule has 0 saturated heterocycles. The number of amides is 1. The Balaban J connectivity index is 2.36. The third-order valence-corrected chi connectivity index (χ3v) is 2.31. The van der Waals surface area contributed by atoms with Crippen LogP contribution in [0, 0.1) is 6.92 Å². The summed E-state index contributed by atoms with van der Waals surface area (Å²) in [6, 6.07) is 3.56. The first-order valence-corrected chi connectivity index (χ1v) is 5.65. The summed E-state index contributed by atoms with van der Waals surface area (Å²) in [6.45, 7) is 1.86. The summed E-state index contributed by atoms with van der Waals surface area (Å²) in [5.41, 5.74) is 1.61. The summed E-state index contributed by atoms with van der Waals surface area (Å²) < 4.78 is 40.1. The zero-order chi connectivity index (χ0) is 14.5.